The smallest absolute Gasteiger partial charge is 0.206 e. The van der Waals surface area contributed by atoms with Crippen LogP contribution >= 0.6 is 127 Å². The van der Waals surface area contributed by atoms with Gasteiger partial charge in [-0.3, -0.25) is 0 Å². The lowest BCUT2D eigenvalue weighted by molar-refractivity contribution is 0.255. The van der Waals surface area contributed by atoms with E-state index in [1.807, 2.05) is 12.1 Å². The topological polar surface area (TPSA) is 38.7 Å². The summed E-state index contributed by atoms with van der Waals surface area (Å²) < 4.78 is 213. The SMILES string of the molecule is BrCCCCCCCCC1(CCCCCCCCBr)c2cc(Br)ccc2-c2ccc(Br)cc21.Brc1ccc2c(c1)Cc1cc(Br)ccc1-2.C.C.Fc1c(F)c(F)c(OCCCCCCCCC2(CCCCCCCCOc3c(F)c(F)c(F)c(F)c3F)c3cc(Br)ccc3-c3ccc(Br)cc32)c(F)c1F.Oc1c(F)c(F)c(F)c(F)c1F. The fourth-order valence-electron chi connectivity index (χ4n) is 15.6. The molecule has 0 saturated heterocycles. The molecule has 0 atom stereocenters. The Morgan fingerprint density at radius 2 is 0.462 bits per heavy atom. The molecule has 0 unspecified atom stereocenters. The number of ether oxygens (including phenoxy) is 2. The van der Waals surface area contributed by atoms with E-state index in [0.29, 0.717) is 25.7 Å². The van der Waals surface area contributed by atoms with Crippen LogP contribution in [0, 0.1) is 87.3 Å². The molecule has 0 fully saturated rings. The van der Waals surface area contributed by atoms with E-state index in [9.17, 15) is 65.9 Å². The normalized spacial score (nSPS) is 12.6. The first-order valence-electron chi connectivity index (χ1n) is 38.5. The Morgan fingerprint density at radius 3 is 0.718 bits per heavy atom. The number of hydrogen-bond acceptors (Lipinski definition) is 3. The first-order chi connectivity index (χ1) is 55.1. The number of phenolic OH excluding ortho intramolecular Hbond substituents is 1. The third-order valence-electron chi connectivity index (χ3n) is 21.4. The largest absolute Gasteiger partial charge is 0.503 e. The average molecular weight is 2160 g/mol. The Hall–Kier alpha value is -4.83. The number of aromatic hydroxyl groups is 1. The summed E-state index contributed by atoms with van der Waals surface area (Å²) in [5.41, 5.74) is 16.4. The lowest BCUT2D eigenvalue weighted by atomic mass is 9.70. The highest BCUT2D eigenvalue weighted by Crippen LogP contribution is 2.57. The standard InChI is InChI=1S/C41H38Br2F10O2.C29H38Br4.C13H8Br2.C6HF5O.2CH4/c42-23-13-15-25-26-16-14-24(43)22-28(26)41(27(25)21-23,17-9-5-1-3-7-11-19-54-39-35(50)31(46)29(44)32(47)36(39)51)18-10-6-2-4-8-12-20-55-40-37(52)33(48)30(45)34(49)38(40)53;30-19-11-7-3-1-5-9-17-29(18-10-6-2-4-8-12-20-31)27-21-23(32)13-15-25(27)26-16-14-24(33)22-28(26)29;14-10-1-3-12-8(6-10)5-9-7-11(15)2-4-13(9)12;7-1-2(8)4(10)6(12)5(11)3(1)9;;/h13-16,21-22H,1-12,17-20H2;13-16,21-22H,1-12,17-20H2;1-4,6-7H,5H2;12H;2*1H4. The number of halogens is 23. The summed E-state index contributed by atoms with van der Waals surface area (Å²) in [4.78, 5) is 0. The third kappa shape index (κ3) is 24.8. The van der Waals surface area contributed by atoms with Crippen LogP contribution in [0.25, 0.3) is 33.4 Å². The maximum absolute atomic E-state index is 13.9. The maximum atomic E-state index is 13.9. The second kappa shape index (κ2) is 47.7. The van der Waals surface area contributed by atoms with Crippen molar-refractivity contribution in [1.82, 2.24) is 0 Å². The molecule has 3 nitrogen and oxygen atoms in total. The van der Waals surface area contributed by atoms with Gasteiger partial charge >= 0.3 is 0 Å². The molecule has 0 bridgehead atoms. The van der Waals surface area contributed by atoms with Gasteiger partial charge in [-0.25, -0.2) is 39.5 Å². The van der Waals surface area contributed by atoms with Crippen LogP contribution in [0.1, 0.15) is 228 Å². The molecule has 0 amide bonds. The molecular weight excluding hydrogens is 2070 g/mol. The minimum Gasteiger partial charge on any atom is -0.503 e. The zero-order chi connectivity index (χ0) is 83.3. The molecule has 0 heterocycles. The van der Waals surface area contributed by atoms with Gasteiger partial charge in [0, 0.05) is 48.3 Å². The first kappa shape index (κ1) is 99.3. The molecule has 1 N–H and O–H groups in total. The minimum atomic E-state index is -2.29. The third-order valence-corrected chi connectivity index (χ3v) is 25.4. The van der Waals surface area contributed by atoms with Crippen molar-refractivity contribution in [3.05, 3.63) is 257 Å². The van der Waals surface area contributed by atoms with E-state index in [2.05, 4.69) is 225 Å². The summed E-state index contributed by atoms with van der Waals surface area (Å²) in [5, 5.41) is 10.6. The quantitative estimate of drug-likeness (QED) is 0.0140. The summed E-state index contributed by atoms with van der Waals surface area (Å²) in [5.74, 6) is -36.0. The average Bonchev–Trinajstić information content (AvgIpc) is 1.57. The number of alkyl halides is 2. The van der Waals surface area contributed by atoms with Crippen molar-refractivity contribution in [2.75, 3.05) is 23.9 Å². The predicted octanol–water partition coefficient (Wildman–Crippen LogP) is 34.4. The van der Waals surface area contributed by atoms with Gasteiger partial charge in [-0.15, -0.1) is 0 Å². The van der Waals surface area contributed by atoms with E-state index < -0.39 is 105 Å². The lowest BCUT2D eigenvalue weighted by Gasteiger charge is -2.33. The van der Waals surface area contributed by atoms with Crippen LogP contribution in [0.4, 0.5) is 65.9 Å². The number of phenols is 1. The number of fused-ring (bicyclic) bond motifs is 9. The molecule has 636 valence electrons. The van der Waals surface area contributed by atoms with E-state index in [4.69, 9.17) is 14.6 Å². The summed E-state index contributed by atoms with van der Waals surface area (Å²) >= 11 is 29.1. The van der Waals surface area contributed by atoms with Gasteiger partial charge in [-0.1, -0.05) is 307 Å². The molecule has 12 rings (SSSR count). The van der Waals surface area contributed by atoms with Gasteiger partial charge in [0.1, 0.15) is 0 Å². The van der Waals surface area contributed by atoms with Crippen LogP contribution in [0.2, 0.25) is 0 Å². The summed E-state index contributed by atoms with van der Waals surface area (Å²) in [6.45, 7) is -0.379. The van der Waals surface area contributed by atoms with Crippen molar-refractivity contribution in [2.45, 2.75) is 212 Å². The van der Waals surface area contributed by atoms with E-state index in [0.717, 1.165) is 99.2 Å². The van der Waals surface area contributed by atoms with E-state index >= 15 is 0 Å². The zero-order valence-corrected chi connectivity index (χ0v) is 75.4. The van der Waals surface area contributed by atoms with Crippen molar-refractivity contribution in [2.24, 2.45) is 0 Å². The highest BCUT2D eigenvalue weighted by molar-refractivity contribution is 9.11. The molecule has 26 heteroatoms. The van der Waals surface area contributed by atoms with Gasteiger partial charge in [-0.2, -0.15) is 26.3 Å². The lowest BCUT2D eigenvalue weighted by Crippen LogP contribution is -2.25. The van der Waals surface area contributed by atoms with E-state index in [-0.39, 0.29) is 38.9 Å². The summed E-state index contributed by atoms with van der Waals surface area (Å²) in [6.07, 6.45) is 30.6. The molecule has 9 aromatic carbocycles. The fourth-order valence-corrected chi connectivity index (χ4v) is 18.7. The highest BCUT2D eigenvalue weighted by Gasteiger charge is 2.44. The van der Waals surface area contributed by atoms with Gasteiger partial charge < -0.3 is 14.6 Å². The van der Waals surface area contributed by atoms with Crippen molar-refractivity contribution in [1.29, 1.82) is 0 Å². The van der Waals surface area contributed by atoms with Crippen molar-refractivity contribution in [3.63, 3.8) is 0 Å². The number of rotatable bonds is 36. The number of unbranched alkanes of at least 4 members (excludes halogenated alkanes) is 20. The van der Waals surface area contributed by atoms with Crippen molar-refractivity contribution >= 4 is 127 Å². The van der Waals surface area contributed by atoms with Crippen LogP contribution in [0.3, 0.4) is 0 Å². The van der Waals surface area contributed by atoms with Crippen LogP contribution in [-0.2, 0) is 17.3 Å². The predicted molar refractivity (Wildman–Crippen MR) is 468 cm³/mol. The number of hydrogen-bond donors (Lipinski definition) is 1. The molecular formula is C91H93Br8F15O3. The maximum Gasteiger partial charge on any atom is 0.206 e. The first-order valence-corrected chi connectivity index (χ1v) is 45.5. The van der Waals surface area contributed by atoms with Gasteiger partial charge in [0.05, 0.1) is 13.2 Å². The Labute approximate surface area is 744 Å². The zero-order valence-electron chi connectivity index (χ0n) is 62.7. The molecule has 117 heavy (non-hydrogen) atoms. The molecule has 3 aliphatic rings. The molecule has 0 aliphatic heterocycles. The van der Waals surface area contributed by atoms with Crippen molar-refractivity contribution in [3.8, 4) is 50.6 Å². The van der Waals surface area contributed by atoms with E-state index in [1.165, 1.54) is 154 Å². The van der Waals surface area contributed by atoms with E-state index in [1.54, 1.807) is 11.1 Å². The highest BCUT2D eigenvalue weighted by atomic mass is 79.9. The van der Waals surface area contributed by atoms with Crippen LogP contribution in [0.5, 0.6) is 17.2 Å². The van der Waals surface area contributed by atoms with Crippen LogP contribution < -0.4 is 9.47 Å². The van der Waals surface area contributed by atoms with Gasteiger partial charge in [0.2, 0.25) is 87.3 Å². The Kier molecular flexibility index (Phi) is 40.5. The number of benzene rings is 9. The monoisotopic (exact) mass is 2150 g/mol. The van der Waals surface area contributed by atoms with Crippen LogP contribution in [0.15, 0.2) is 136 Å². The second-order valence-electron chi connectivity index (χ2n) is 29.0. The molecule has 0 aromatic heterocycles. The Morgan fingerprint density at radius 1 is 0.256 bits per heavy atom. The molecule has 0 spiro atoms. The van der Waals surface area contributed by atoms with Crippen molar-refractivity contribution < 1.29 is 80.4 Å². The fraction of sp³-hybridized carbons (Fsp3) is 0.407. The Bertz CT molecular complexity index is 4390. The van der Waals surface area contributed by atoms with Gasteiger partial charge in [-0.05, 0) is 197 Å². The second-order valence-corrected chi connectivity index (χ2v) is 36.1. The summed E-state index contributed by atoms with van der Waals surface area (Å²) in [6, 6.07) is 39.7. The summed E-state index contributed by atoms with van der Waals surface area (Å²) in [7, 11) is 0. The minimum absolute atomic E-state index is 0. The van der Waals surface area contributed by atoms with Gasteiger partial charge in [0.15, 0.2) is 17.2 Å². The van der Waals surface area contributed by atoms with Gasteiger partial charge in [0.25, 0.3) is 0 Å². The molecule has 9 aromatic rings. The van der Waals surface area contributed by atoms with Crippen LogP contribution in [-0.4, -0.2) is 29.0 Å². The molecule has 0 radical (unpaired) electrons. The molecule has 0 saturated carbocycles. The molecule has 3 aliphatic carbocycles. The Balaban J connectivity index is 0.000000254.